The number of thiocarbonyl (C=S) groups is 1. The van der Waals surface area contributed by atoms with E-state index in [1.54, 1.807) is 7.11 Å². The highest BCUT2D eigenvalue weighted by molar-refractivity contribution is 7.80. The Morgan fingerprint density at radius 3 is 2.27 bits per heavy atom. The average molecular weight is 415 g/mol. The molecule has 4 aromatic rings. The van der Waals surface area contributed by atoms with Crippen LogP contribution in [0.25, 0.3) is 16.9 Å². The van der Waals surface area contributed by atoms with Crippen molar-refractivity contribution in [2.75, 3.05) is 12.4 Å². The minimum Gasteiger partial charge on any atom is -0.497 e. The maximum Gasteiger partial charge on any atom is 0.171 e. The predicted octanol–water partition coefficient (Wildman–Crippen LogP) is 5.03. The molecule has 0 atom stereocenters. The molecule has 3 aromatic carbocycles. The second-order valence-electron chi connectivity index (χ2n) is 6.69. The van der Waals surface area contributed by atoms with Gasteiger partial charge in [0.2, 0.25) is 0 Å². The van der Waals surface area contributed by atoms with Crippen molar-refractivity contribution in [3.63, 3.8) is 0 Å². The van der Waals surface area contributed by atoms with E-state index in [1.165, 1.54) is 0 Å². The predicted molar refractivity (Wildman–Crippen MR) is 125 cm³/mol. The third-order valence-corrected chi connectivity index (χ3v) is 4.89. The monoisotopic (exact) mass is 414 g/mol. The van der Waals surface area contributed by atoms with Gasteiger partial charge in [0.1, 0.15) is 5.75 Å². The van der Waals surface area contributed by atoms with Gasteiger partial charge < -0.3 is 15.4 Å². The molecule has 1 heterocycles. The highest BCUT2D eigenvalue weighted by Crippen LogP contribution is 2.23. The highest BCUT2D eigenvalue weighted by atomic mass is 32.1. The van der Waals surface area contributed by atoms with Crippen molar-refractivity contribution in [1.29, 1.82) is 0 Å². The first-order valence-corrected chi connectivity index (χ1v) is 10.0. The summed E-state index contributed by atoms with van der Waals surface area (Å²) in [5, 5.41) is 11.9. The Morgan fingerprint density at radius 2 is 1.60 bits per heavy atom. The fourth-order valence-electron chi connectivity index (χ4n) is 3.12. The van der Waals surface area contributed by atoms with Gasteiger partial charge >= 0.3 is 0 Å². The Kier molecular flexibility index (Phi) is 6.06. The topological polar surface area (TPSA) is 51.1 Å². The molecule has 6 heteroatoms. The zero-order valence-corrected chi connectivity index (χ0v) is 17.4. The first-order valence-electron chi connectivity index (χ1n) is 9.61. The summed E-state index contributed by atoms with van der Waals surface area (Å²) in [6.07, 6.45) is 2.04. The molecule has 0 saturated carbocycles. The van der Waals surface area contributed by atoms with Crippen molar-refractivity contribution in [2.24, 2.45) is 0 Å². The summed E-state index contributed by atoms with van der Waals surface area (Å²) in [4.78, 5) is 0. The van der Waals surface area contributed by atoms with Crippen LogP contribution in [0.5, 0.6) is 5.75 Å². The molecule has 0 radical (unpaired) electrons. The molecule has 0 unspecified atom stereocenters. The van der Waals surface area contributed by atoms with Gasteiger partial charge in [0.05, 0.1) is 18.5 Å². The van der Waals surface area contributed by atoms with Crippen molar-refractivity contribution in [2.45, 2.75) is 6.54 Å². The number of anilines is 1. The molecule has 0 amide bonds. The third-order valence-electron chi connectivity index (χ3n) is 4.65. The standard InChI is InChI=1S/C24H22N4OS/c1-29-22-14-12-20(13-15-22)26-24(30)25-16-19-17-28(21-10-6-3-7-11-21)27-23(19)18-8-4-2-5-9-18/h2-15,17H,16H2,1H3,(H2,25,26,30). The minimum atomic E-state index is 0.548. The van der Waals surface area contributed by atoms with Crippen molar-refractivity contribution >= 4 is 23.0 Å². The molecule has 1 aromatic heterocycles. The number of nitrogens with one attached hydrogen (secondary N) is 2. The summed E-state index contributed by atoms with van der Waals surface area (Å²) in [5.74, 6) is 0.806. The van der Waals surface area contributed by atoms with Crippen molar-refractivity contribution < 1.29 is 4.74 Å². The summed E-state index contributed by atoms with van der Waals surface area (Å²) in [6, 6.07) is 27.9. The molecule has 0 aliphatic heterocycles. The number of para-hydroxylation sites is 1. The van der Waals surface area contributed by atoms with Crippen LogP contribution in [-0.2, 0) is 6.54 Å². The Morgan fingerprint density at radius 1 is 0.933 bits per heavy atom. The van der Waals surface area contributed by atoms with Gasteiger partial charge in [-0.15, -0.1) is 0 Å². The van der Waals surface area contributed by atoms with E-state index in [2.05, 4.69) is 22.8 Å². The number of hydrogen-bond acceptors (Lipinski definition) is 3. The van der Waals surface area contributed by atoms with Gasteiger partial charge in [0, 0.05) is 29.6 Å². The summed E-state index contributed by atoms with van der Waals surface area (Å²) >= 11 is 5.48. The first kappa shape index (κ1) is 19.7. The second-order valence-corrected chi connectivity index (χ2v) is 7.09. The largest absolute Gasteiger partial charge is 0.497 e. The third kappa shape index (κ3) is 4.67. The summed E-state index contributed by atoms with van der Waals surface area (Å²) in [6.45, 7) is 0.555. The van der Waals surface area contributed by atoms with Crippen molar-refractivity contribution in [3.05, 3.63) is 96.7 Å². The number of methoxy groups -OCH3 is 1. The lowest BCUT2D eigenvalue weighted by molar-refractivity contribution is 0.415. The zero-order valence-electron chi connectivity index (χ0n) is 16.6. The molecule has 4 rings (SSSR count). The van der Waals surface area contributed by atoms with Crippen LogP contribution < -0.4 is 15.4 Å². The fraction of sp³-hybridized carbons (Fsp3) is 0.0833. The van der Waals surface area contributed by atoms with Gasteiger partial charge in [-0.05, 0) is 48.6 Å². The van der Waals surface area contributed by atoms with Crippen LogP contribution in [0.1, 0.15) is 5.56 Å². The molecule has 5 nitrogen and oxygen atoms in total. The van der Waals surface area contributed by atoms with Crippen molar-refractivity contribution in [1.82, 2.24) is 15.1 Å². The molecule has 2 N–H and O–H groups in total. The maximum atomic E-state index is 5.48. The SMILES string of the molecule is COc1ccc(NC(=S)NCc2cn(-c3ccccc3)nc2-c2ccccc2)cc1. The zero-order chi connectivity index (χ0) is 20.8. The first-order chi connectivity index (χ1) is 14.7. The van der Waals surface area contributed by atoms with Gasteiger partial charge in [0.15, 0.2) is 5.11 Å². The van der Waals surface area contributed by atoms with E-state index in [0.29, 0.717) is 11.7 Å². The molecule has 0 saturated heterocycles. The Balaban J connectivity index is 1.52. The summed E-state index contributed by atoms with van der Waals surface area (Å²) < 4.78 is 7.09. The summed E-state index contributed by atoms with van der Waals surface area (Å²) in [7, 11) is 1.65. The van der Waals surface area contributed by atoms with Crippen LogP contribution in [0.4, 0.5) is 5.69 Å². The number of ether oxygens (including phenoxy) is 1. The van der Waals surface area contributed by atoms with Gasteiger partial charge in [0.25, 0.3) is 0 Å². The highest BCUT2D eigenvalue weighted by Gasteiger charge is 2.12. The molecular weight excluding hydrogens is 392 g/mol. The Hall–Kier alpha value is -3.64. The smallest absolute Gasteiger partial charge is 0.171 e. The van der Waals surface area contributed by atoms with E-state index in [4.69, 9.17) is 22.1 Å². The Bertz CT molecular complexity index is 1110. The molecule has 0 spiro atoms. The number of rotatable bonds is 6. The van der Waals surface area contributed by atoms with E-state index in [1.807, 2.05) is 83.7 Å². The van der Waals surface area contributed by atoms with Crippen LogP contribution in [0.2, 0.25) is 0 Å². The lowest BCUT2D eigenvalue weighted by atomic mass is 10.1. The van der Waals surface area contributed by atoms with Gasteiger partial charge in [-0.2, -0.15) is 5.10 Å². The molecule has 0 aliphatic rings. The number of aromatic nitrogens is 2. The van der Waals surface area contributed by atoms with E-state index in [-0.39, 0.29) is 0 Å². The van der Waals surface area contributed by atoms with Gasteiger partial charge in [-0.3, -0.25) is 0 Å². The number of nitrogens with zero attached hydrogens (tertiary/aromatic N) is 2. The molecule has 0 bridgehead atoms. The summed E-state index contributed by atoms with van der Waals surface area (Å²) in [5.41, 5.74) is 4.97. The lowest BCUT2D eigenvalue weighted by Gasteiger charge is -2.11. The van der Waals surface area contributed by atoms with Gasteiger partial charge in [-0.25, -0.2) is 4.68 Å². The number of hydrogen-bond donors (Lipinski definition) is 2. The normalized spacial score (nSPS) is 10.4. The minimum absolute atomic E-state index is 0.548. The molecule has 0 aliphatic carbocycles. The van der Waals surface area contributed by atoms with Crippen molar-refractivity contribution in [3.8, 4) is 22.7 Å². The van der Waals surface area contributed by atoms with Crippen LogP contribution >= 0.6 is 12.2 Å². The lowest BCUT2D eigenvalue weighted by Crippen LogP contribution is -2.27. The van der Waals surface area contributed by atoms with Crippen LogP contribution in [-0.4, -0.2) is 22.0 Å². The van der Waals surface area contributed by atoms with Crippen LogP contribution in [0, 0.1) is 0 Å². The van der Waals surface area contributed by atoms with Gasteiger partial charge in [-0.1, -0.05) is 48.5 Å². The van der Waals surface area contributed by atoms with E-state index < -0.39 is 0 Å². The average Bonchev–Trinajstić information content (AvgIpc) is 3.24. The molecule has 150 valence electrons. The second kappa shape index (κ2) is 9.24. The van der Waals surface area contributed by atoms with E-state index in [0.717, 1.165) is 33.9 Å². The van der Waals surface area contributed by atoms with E-state index in [9.17, 15) is 0 Å². The van der Waals surface area contributed by atoms with Crippen LogP contribution in [0.3, 0.4) is 0 Å². The quantitative estimate of drug-likeness (QED) is 0.433. The van der Waals surface area contributed by atoms with E-state index >= 15 is 0 Å². The molecule has 30 heavy (non-hydrogen) atoms. The fourth-order valence-corrected chi connectivity index (χ4v) is 3.31. The molecular formula is C24H22N4OS. The van der Waals surface area contributed by atoms with Crippen LogP contribution in [0.15, 0.2) is 91.1 Å². The Labute approximate surface area is 181 Å². The maximum absolute atomic E-state index is 5.48. The number of benzene rings is 3. The molecule has 0 fully saturated rings.